The van der Waals surface area contributed by atoms with Gasteiger partial charge in [-0.1, -0.05) is 15.9 Å². The average molecular weight is 229 g/mol. The van der Waals surface area contributed by atoms with E-state index in [0.29, 0.717) is 6.41 Å². The van der Waals surface area contributed by atoms with Crippen molar-refractivity contribution in [2.45, 2.75) is 13.0 Å². The highest BCUT2D eigenvalue weighted by atomic mass is 79.9. The van der Waals surface area contributed by atoms with Crippen LogP contribution in [0, 0.1) is 0 Å². The number of aromatic nitrogens is 1. The molecule has 0 saturated heterocycles. The number of nitrogens with zero attached hydrogens (tertiary/aromatic N) is 1. The van der Waals surface area contributed by atoms with Gasteiger partial charge in [0.1, 0.15) is 0 Å². The summed E-state index contributed by atoms with van der Waals surface area (Å²) in [7, 11) is 0. The van der Waals surface area contributed by atoms with Gasteiger partial charge in [-0.3, -0.25) is 9.78 Å². The van der Waals surface area contributed by atoms with Crippen molar-refractivity contribution in [1.82, 2.24) is 10.3 Å². The topological polar surface area (TPSA) is 42.0 Å². The van der Waals surface area contributed by atoms with Crippen LogP contribution in [-0.4, -0.2) is 11.4 Å². The Labute approximate surface area is 79.3 Å². The fourth-order valence-electron chi connectivity index (χ4n) is 0.845. The Morgan fingerprint density at radius 3 is 3.08 bits per heavy atom. The largest absolute Gasteiger partial charge is 0.351 e. The summed E-state index contributed by atoms with van der Waals surface area (Å²) < 4.78 is 0.965. The van der Waals surface area contributed by atoms with Gasteiger partial charge in [0.25, 0.3) is 0 Å². The second-order valence-corrected chi connectivity index (χ2v) is 3.32. The van der Waals surface area contributed by atoms with Crippen molar-refractivity contribution in [3.05, 3.63) is 28.5 Å². The summed E-state index contributed by atoms with van der Waals surface area (Å²) in [5.74, 6) is 0. The molecule has 0 radical (unpaired) electrons. The molecule has 0 aliphatic rings. The molecule has 1 aromatic heterocycles. The molecule has 4 heteroatoms. The zero-order valence-corrected chi connectivity index (χ0v) is 8.21. The molecular weight excluding hydrogens is 220 g/mol. The molecular formula is C8H9BrN2O. The van der Waals surface area contributed by atoms with Crippen LogP contribution in [0.4, 0.5) is 0 Å². The number of carbonyl (C=O) groups is 1. The highest BCUT2D eigenvalue weighted by Gasteiger charge is 2.04. The zero-order valence-electron chi connectivity index (χ0n) is 6.62. The van der Waals surface area contributed by atoms with Gasteiger partial charge in [-0.2, -0.15) is 0 Å². The number of hydrogen-bond acceptors (Lipinski definition) is 2. The summed E-state index contributed by atoms with van der Waals surface area (Å²) in [5.41, 5.74) is 0.844. The first kappa shape index (κ1) is 9.19. The maximum Gasteiger partial charge on any atom is 0.207 e. The third-order valence-electron chi connectivity index (χ3n) is 1.50. The van der Waals surface area contributed by atoms with Gasteiger partial charge in [-0.25, -0.2) is 0 Å². The minimum Gasteiger partial charge on any atom is -0.351 e. The highest BCUT2D eigenvalue weighted by Crippen LogP contribution is 2.14. The van der Waals surface area contributed by atoms with Crippen molar-refractivity contribution >= 4 is 22.3 Å². The van der Waals surface area contributed by atoms with Crippen LogP contribution >= 0.6 is 15.9 Å². The second kappa shape index (κ2) is 4.21. The third kappa shape index (κ3) is 2.30. The Morgan fingerprint density at radius 1 is 1.75 bits per heavy atom. The molecule has 0 spiro atoms. The molecule has 0 saturated carbocycles. The van der Waals surface area contributed by atoms with Crippen molar-refractivity contribution in [2.24, 2.45) is 0 Å². The molecule has 0 aliphatic heterocycles. The predicted octanol–water partition coefficient (Wildman–Crippen LogP) is 1.65. The Bertz CT molecular complexity index is 278. The number of hydrogen-bond donors (Lipinski definition) is 1. The molecule has 1 aromatic rings. The van der Waals surface area contributed by atoms with Crippen molar-refractivity contribution in [2.75, 3.05) is 0 Å². The van der Waals surface area contributed by atoms with Gasteiger partial charge in [0.2, 0.25) is 6.41 Å². The lowest BCUT2D eigenvalue weighted by Crippen LogP contribution is -2.17. The minimum absolute atomic E-state index is 0.0417. The van der Waals surface area contributed by atoms with Gasteiger partial charge in [0, 0.05) is 10.7 Å². The molecule has 1 heterocycles. The maximum absolute atomic E-state index is 10.1. The standard InChI is InChI=1S/C8H9BrN2O/c1-6(11-5-12)8-4-7(9)2-3-10-8/h2-6H,1H3,(H,11,12)/t6-/m1/s1. The van der Waals surface area contributed by atoms with Gasteiger partial charge in [0.15, 0.2) is 0 Å². The minimum atomic E-state index is -0.0417. The van der Waals surface area contributed by atoms with Gasteiger partial charge < -0.3 is 5.32 Å². The fourth-order valence-corrected chi connectivity index (χ4v) is 1.20. The van der Waals surface area contributed by atoms with Gasteiger partial charge in [-0.15, -0.1) is 0 Å². The number of pyridine rings is 1. The SMILES string of the molecule is C[C@@H](NC=O)c1cc(Br)ccn1. The van der Waals surface area contributed by atoms with Gasteiger partial charge >= 0.3 is 0 Å². The van der Waals surface area contributed by atoms with E-state index in [4.69, 9.17) is 0 Å². The first-order valence-corrected chi connectivity index (χ1v) is 4.34. The molecule has 1 N–H and O–H groups in total. The molecule has 1 rings (SSSR count). The molecule has 0 aliphatic carbocycles. The lowest BCUT2D eigenvalue weighted by molar-refractivity contribution is -0.110. The Hall–Kier alpha value is -0.900. The highest BCUT2D eigenvalue weighted by molar-refractivity contribution is 9.10. The molecule has 12 heavy (non-hydrogen) atoms. The first-order chi connectivity index (χ1) is 5.74. The maximum atomic E-state index is 10.1. The van der Waals surface area contributed by atoms with Crippen LogP contribution in [0.25, 0.3) is 0 Å². The zero-order chi connectivity index (χ0) is 8.97. The molecule has 64 valence electrons. The second-order valence-electron chi connectivity index (χ2n) is 2.41. The van der Waals surface area contributed by atoms with Crippen LogP contribution in [0.5, 0.6) is 0 Å². The molecule has 1 amide bonds. The molecule has 3 nitrogen and oxygen atoms in total. The molecule has 0 aromatic carbocycles. The summed E-state index contributed by atoms with van der Waals surface area (Å²) in [6.45, 7) is 1.88. The first-order valence-electron chi connectivity index (χ1n) is 3.55. The quantitative estimate of drug-likeness (QED) is 0.800. The third-order valence-corrected chi connectivity index (χ3v) is 2.00. The van der Waals surface area contributed by atoms with E-state index in [1.165, 1.54) is 0 Å². The Balaban J connectivity index is 2.80. The van der Waals surface area contributed by atoms with Crippen LogP contribution < -0.4 is 5.32 Å². The number of halogens is 1. The summed E-state index contributed by atoms with van der Waals surface area (Å²) in [5, 5.41) is 2.63. The van der Waals surface area contributed by atoms with E-state index in [0.717, 1.165) is 10.2 Å². The molecule has 0 unspecified atom stereocenters. The lowest BCUT2D eigenvalue weighted by atomic mass is 10.2. The van der Waals surface area contributed by atoms with E-state index in [1.807, 2.05) is 19.1 Å². The van der Waals surface area contributed by atoms with Crippen LogP contribution in [0.1, 0.15) is 18.7 Å². The van der Waals surface area contributed by atoms with E-state index < -0.39 is 0 Å². The molecule has 0 fully saturated rings. The smallest absolute Gasteiger partial charge is 0.207 e. The Kier molecular flexibility index (Phi) is 3.22. The molecule has 1 atom stereocenters. The average Bonchev–Trinajstić information content (AvgIpc) is 2.05. The van der Waals surface area contributed by atoms with Crippen LogP contribution in [0.15, 0.2) is 22.8 Å². The van der Waals surface area contributed by atoms with Gasteiger partial charge in [0.05, 0.1) is 11.7 Å². The van der Waals surface area contributed by atoms with E-state index >= 15 is 0 Å². The van der Waals surface area contributed by atoms with E-state index in [1.54, 1.807) is 6.20 Å². The van der Waals surface area contributed by atoms with Gasteiger partial charge in [-0.05, 0) is 19.1 Å². The summed E-state index contributed by atoms with van der Waals surface area (Å²) in [4.78, 5) is 14.2. The summed E-state index contributed by atoms with van der Waals surface area (Å²) in [6, 6.07) is 3.68. The number of rotatable bonds is 3. The van der Waals surface area contributed by atoms with Crippen LogP contribution in [0.3, 0.4) is 0 Å². The summed E-state index contributed by atoms with van der Waals surface area (Å²) >= 11 is 3.33. The van der Waals surface area contributed by atoms with E-state index in [9.17, 15) is 4.79 Å². The Morgan fingerprint density at radius 2 is 2.50 bits per heavy atom. The number of nitrogens with one attached hydrogen (secondary N) is 1. The lowest BCUT2D eigenvalue weighted by Gasteiger charge is -2.08. The van der Waals surface area contributed by atoms with Crippen molar-refractivity contribution in [3.63, 3.8) is 0 Å². The monoisotopic (exact) mass is 228 g/mol. The van der Waals surface area contributed by atoms with Crippen molar-refractivity contribution < 1.29 is 4.79 Å². The number of amides is 1. The van der Waals surface area contributed by atoms with Crippen LogP contribution in [0.2, 0.25) is 0 Å². The predicted molar refractivity (Wildman–Crippen MR) is 49.6 cm³/mol. The molecule has 0 bridgehead atoms. The van der Waals surface area contributed by atoms with Crippen molar-refractivity contribution in [1.29, 1.82) is 0 Å². The van der Waals surface area contributed by atoms with Crippen LogP contribution in [-0.2, 0) is 4.79 Å². The normalized spacial score (nSPS) is 12.2. The van der Waals surface area contributed by atoms with Crippen molar-refractivity contribution in [3.8, 4) is 0 Å². The summed E-state index contributed by atoms with van der Waals surface area (Å²) in [6.07, 6.45) is 2.37. The number of carbonyl (C=O) groups excluding carboxylic acids is 1. The fraction of sp³-hybridized carbons (Fsp3) is 0.250. The van der Waals surface area contributed by atoms with E-state index in [2.05, 4.69) is 26.2 Å². The van der Waals surface area contributed by atoms with E-state index in [-0.39, 0.29) is 6.04 Å².